The molecular weight excluding hydrogens is 400 g/mol. The van der Waals surface area contributed by atoms with E-state index in [1.165, 1.54) is 30.1 Å². The van der Waals surface area contributed by atoms with Crippen molar-refractivity contribution < 1.29 is 13.2 Å². The number of aromatic nitrogens is 2. The third kappa shape index (κ3) is 5.03. The molecule has 1 aromatic heterocycles. The Bertz CT molecular complexity index is 973. The smallest absolute Gasteiger partial charge is 0.261 e. The van der Waals surface area contributed by atoms with Gasteiger partial charge in [0, 0.05) is 19.4 Å². The molecule has 0 spiro atoms. The summed E-state index contributed by atoms with van der Waals surface area (Å²) in [5, 5.41) is 15.8. The number of aliphatic imine (C=N–C) groups is 1. The van der Waals surface area contributed by atoms with Crippen molar-refractivity contribution in [2.75, 3.05) is 24.2 Å². The number of sulfonamides is 1. The number of ether oxygens (including phenoxy) is 1. The Balaban J connectivity index is 1.71. The lowest BCUT2D eigenvalue weighted by Gasteiger charge is -2.22. The van der Waals surface area contributed by atoms with Crippen molar-refractivity contribution in [1.82, 2.24) is 15.1 Å². The number of rotatable bonds is 5. The van der Waals surface area contributed by atoms with Crippen molar-refractivity contribution in [3.8, 4) is 6.19 Å². The average molecular weight is 421 g/mol. The van der Waals surface area contributed by atoms with E-state index in [1.54, 1.807) is 35.5 Å². The molecule has 2 heterocycles. The Labute approximate surface area is 167 Å². The van der Waals surface area contributed by atoms with Gasteiger partial charge in [0.25, 0.3) is 10.0 Å². The zero-order valence-electron chi connectivity index (χ0n) is 15.2. The van der Waals surface area contributed by atoms with E-state index in [2.05, 4.69) is 20.1 Å². The molecule has 0 amide bonds. The number of nitriles is 1. The highest BCUT2D eigenvalue weighted by atomic mass is 32.2. The Morgan fingerprint density at radius 3 is 2.71 bits per heavy atom. The molecule has 2 aromatic rings. The first-order valence-corrected chi connectivity index (χ1v) is 11.2. The van der Waals surface area contributed by atoms with Crippen LogP contribution in [0.1, 0.15) is 18.9 Å². The number of nitrogens with one attached hydrogen (secondary N) is 2. The first-order valence-electron chi connectivity index (χ1n) is 8.54. The Kier molecular flexibility index (Phi) is 6.56. The molecule has 1 aliphatic heterocycles. The van der Waals surface area contributed by atoms with E-state index in [4.69, 9.17) is 10.00 Å². The van der Waals surface area contributed by atoms with Crippen LogP contribution in [0.25, 0.3) is 0 Å². The van der Waals surface area contributed by atoms with E-state index in [0.29, 0.717) is 29.8 Å². The fourth-order valence-electron chi connectivity index (χ4n) is 2.74. The fourth-order valence-corrected chi connectivity index (χ4v) is 4.12. The zero-order valence-corrected chi connectivity index (χ0v) is 16.8. The molecule has 1 saturated heterocycles. The molecule has 9 nitrogen and oxygen atoms in total. The summed E-state index contributed by atoms with van der Waals surface area (Å²) < 4.78 is 34.9. The van der Waals surface area contributed by atoms with Crippen LogP contribution in [0.5, 0.6) is 0 Å². The van der Waals surface area contributed by atoms with E-state index in [0.717, 1.165) is 12.8 Å². The summed E-state index contributed by atoms with van der Waals surface area (Å²) in [5.74, 6) is 0. The van der Waals surface area contributed by atoms with Gasteiger partial charge in [-0.05, 0) is 43.4 Å². The van der Waals surface area contributed by atoms with Crippen LogP contribution >= 0.6 is 11.8 Å². The van der Waals surface area contributed by atoms with Crippen molar-refractivity contribution in [2.45, 2.75) is 23.8 Å². The van der Waals surface area contributed by atoms with Gasteiger partial charge in [0.05, 0.1) is 28.5 Å². The van der Waals surface area contributed by atoms with E-state index >= 15 is 0 Å². The summed E-state index contributed by atoms with van der Waals surface area (Å²) in [4.78, 5) is 4.35. The molecule has 0 unspecified atom stereocenters. The van der Waals surface area contributed by atoms with Crippen molar-refractivity contribution >= 4 is 38.3 Å². The van der Waals surface area contributed by atoms with Gasteiger partial charge in [-0.25, -0.2) is 13.4 Å². The van der Waals surface area contributed by atoms with Crippen LogP contribution in [0.15, 0.2) is 46.5 Å². The number of anilines is 1. The number of hydrogen-bond donors (Lipinski definition) is 2. The van der Waals surface area contributed by atoms with Crippen LogP contribution < -0.4 is 10.0 Å². The van der Waals surface area contributed by atoms with Crippen LogP contribution in [0, 0.1) is 11.5 Å². The second kappa shape index (κ2) is 9.09. The fraction of sp³-hybridized carbons (Fsp3) is 0.353. The van der Waals surface area contributed by atoms with Crippen LogP contribution in [-0.4, -0.2) is 42.8 Å². The molecule has 148 valence electrons. The predicted octanol–water partition coefficient (Wildman–Crippen LogP) is 2.46. The summed E-state index contributed by atoms with van der Waals surface area (Å²) in [7, 11) is -3.74. The summed E-state index contributed by atoms with van der Waals surface area (Å²) in [5.41, 5.74) is 0.954. The molecule has 0 bridgehead atoms. The molecule has 0 aliphatic carbocycles. The van der Waals surface area contributed by atoms with Gasteiger partial charge in [0.1, 0.15) is 0 Å². The van der Waals surface area contributed by atoms with Crippen molar-refractivity contribution in [3.63, 3.8) is 0 Å². The van der Waals surface area contributed by atoms with Gasteiger partial charge < -0.3 is 4.74 Å². The molecule has 3 rings (SSSR count). The van der Waals surface area contributed by atoms with Gasteiger partial charge in [-0.15, -0.1) is 0 Å². The molecule has 0 saturated carbocycles. The highest BCUT2D eigenvalue weighted by Gasteiger charge is 2.19. The van der Waals surface area contributed by atoms with E-state index in [9.17, 15) is 8.42 Å². The minimum absolute atomic E-state index is 0.115. The topological polar surface area (TPSA) is 121 Å². The van der Waals surface area contributed by atoms with Gasteiger partial charge in [-0.3, -0.25) is 14.7 Å². The zero-order chi connectivity index (χ0) is 20.0. The van der Waals surface area contributed by atoms with Crippen LogP contribution in [0.3, 0.4) is 0 Å². The standard InChI is InChI=1S/C17H20N6O3S2/c1-27-17(19-12-18)21-13-2-4-16(5-3-13)28(24,25)22-14-10-20-23(11-14)15-6-8-26-9-7-15/h2-5,10-11,15,22H,6-9H2,1H3,(H,19,21). The van der Waals surface area contributed by atoms with Gasteiger partial charge in [-0.2, -0.15) is 10.4 Å². The number of amidine groups is 1. The molecule has 11 heteroatoms. The predicted molar refractivity (Wildman–Crippen MR) is 108 cm³/mol. The van der Waals surface area contributed by atoms with Crippen LogP contribution in [-0.2, 0) is 14.8 Å². The molecule has 1 aliphatic rings. The minimum Gasteiger partial charge on any atom is -0.381 e. The maximum absolute atomic E-state index is 12.6. The molecular formula is C17H20N6O3S2. The maximum atomic E-state index is 12.6. The maximum Gasteiger partial charge on any atom is 0.261 e. The normalized spacial score (nSPS) is 15.8. The summed E-state index contributed by atoms with van der Waals surface area (Å²) >= 11 is 1.28. The Morgan fingerprint density at radius 2 is 2.07 bits per heavy atom. The molecule has 0 atom stereocenters. The van der Waals surface area contributed by atoms with E-state index in [-0.39, 0.29) is 10.9 Å². The Hall–Kier alpha value is -2.55. The van der Waals surface area contributed by atoms with Gasteiger partial charge in [0.15, 0.2) is 11.4 Å². The van der Waals surface area contributed by atoms with Crippen molar-refractivity contribution in [3.05, 3.63) is 36.7 Å². The third-order valence-electron chi connectivity index (χ3n) is 4.15. The van der Waals surface area contributed by atoms with E-state index in [1.807, 2.05) is 0 Å². The lowest BCUT2D eigenvalue weighted by molar-refractivity contribution is 0.0662. The van der Waals surface area contributed by atoms with Crippen LogP contribution in [0.2, 0.25) is 0 Å². The van der Waals surface area contributed by atoms with Crippen molar-refractivity contribution in [2.24, 2.45) is 4.99 Å². The van der Waals surface area contributed by atoms with E-state index < -0.39 is 10.0 Å². The highest BCUT2D eigenvalue weighted by molar-refractivity contribution is 8.13. The monoisotopic (exact) mass is 420 g/mol. The molecule has 1 fully saturated rings. The number of nitrogens with zero attached hydrogens (tertiary/aromatic N) is 4. The first-order chi connectivity index (χ1) is 13.5. The van der Waals surface area contributed by atoms with Crippen molar-refractivity contribution in [1.29, 1.82) is 5.26 Å². The van der Waals surface area contributed by atoms with Gasteiger partial charge in [-0.1, -0.05) is 11.8 Å². The molecule has 2 N–H and O–H groups in total. The number of thioether (sulfide) groups is 1. The third-order valence-corrected chi connectivity index (χ3v) is 6.13. The quantitative estimate of drug-likeness (QED) is 0.330. The lowest BCUT2D eigenvalue weighted by Crippen LogP contribution is -2.19. The summed E-state index contributed by atoms with van der Waals surface area (Å²) in [6.45, 7) is 1.37. The molecule has 1 aromatic carbocycles. The van der Waals surface area contributed by atoms with Gasteiger partial charge >= 0.3 is 0 Å². The Morgan fingerprint density at radius 1 is 1.36 bits per heavy atom. The molecule has 0 radical (unpaired) electrons. The SMILES string of the molecule is CSC(=Nc1ccc(S(=O)(=O)Nc2cnn(C3CCOCC3)c2)cc1)NC#N. The summed E-state index contributed by atoms with van der Waals surface area (Å²) in [6, 6.07) is 6.31. The second-order valence-corrected chi connectivity index (χ2v) is 8.49. The molecule has 28 heavy (non-hydrogen) atoms. The second-order valence-electron chi connectivity index (χ2n) is 6.01. The number of benzene rings is 1. The summed E-state index contributed by atoms with van der Waals surface area (Å²) in [6.07, 6.45) is 8.50. The van der Waals surface area contributed by atoms with Gasteiger partial charge in [0.2, 0.25) is 0 Å². The lowest BCUT2D eigenvalue weighted by atomic mass is 10.1. The average Bonchev–Trinajstić information content (AvgIpc) is 3.16. The van der Waals surface area contributed by atoms with Crippen LogP contribution in [0.4, 0.5) is 11.4 Å². The first kappa shape index (κ1) is 20.2. The number of hydrogen-bond acceptors (Lipinski definition) is 7. The highest BCUT2D eigenvalue weighted by Crippen LogP contribution is 2.23. The largest absolute Gasteiger partial charge is 0.381 e. The minimum atomic E-state index is -3.74.